The Morgan fingerprint density at radius 2 is 2.08 bits per heavy atom. The highest BCUT2D eigenvalue weighted by molar-refractivity contribution is 5.18. The molecule has 66 valence electrons. The molecule has 0 unspecified atom stereocenters. The maximum atomic E-state index is 4.22. The van der Waals surface area contributed by atoms with E-state index in [0.29, 0.717) is 5.41 Å². The molecule has 0 nitrogen and oxygen atoms in total. The van der Waals surface area contributed by atoms with Gasteiger partial charge in [-0.2, -0.15) is 0 Å². The summed E-state index contributed by atoms with van der Waals surface area (Å²) < 4.78 is 0. The van der Waals surface area contributed by atoms with Crippen molar-refractivity contribution in [1.29, 1.82) is 0 Å². The maximum Gasteiger partial charge on any atom is -0.00848 e. The largest absolute Gasteiger partial charge is 0.103 e. The molecule has 0 N–H and O–H groups in total. The lowest BCUT2D eigenvalue weighted by atomic mass is 9.77. The highest BCUT2D eigenvalue weighted by Crippen LogP contribution is 2.58. The molecule has 12 heavy (non-hydrogen) atoms. The molecule has 0 radical (unpaired) electrons. The Hall–Kier alpha value is -0.520. The molecule has 0 saturated heterocycles. The van der Waals surface area contributed by atoms with Gasteiger partial charge in [0, 0.05) is 0 Å². The zero-order valence-corrected chi connectivity index (χ0v) is 7.81. The van der Waals surface area contributed by atoms with E-state index in [1.165, 1.54) is 37.7 Å². The van der Waals surface area contributed by atoms with Crippen LogP contribution in [-0.4, -0.2) is 0 Å². The lowest BCUT2D eigenvalue weighted by molar-refractivity contribution is 0.355. The lowest BCUT2D eigenvalue weighted by Crippen LogP contribution is -2.15. The molecule has 2 aliphatic rings. The monoisotopic (exact) mass is 162 g/mol. The van der Waals surface area contributed by atoms with Crippen molar-refractivity contribution in [1.82, 2.24) is 0 Å². The SMILES string of the molecule is C=CCC(=C)C12CCC(CC1)C2. The molecule has 2 fully saturated rings. The van der Waals surface area contributed by atoms with E-state index in [1.54, 1.807) is 0 Å². The molecule has 2 aliphatic carbocycles. The minimum absolute atomic E-state index is 0.554. The molecule has 0 heterocycles. The number of allylic oxidation sites excluding steroid dienone is 2. The highest BCUT2D eigenvalue weighted by Gasteiger charge is 2.45. The fourth-order valence-corrected chi connectivity index (χ4v) is 3.08. The average molecular weight is 162 g/mol. The van der Waals surface area contributed by atoms with Crippen molar-refractivity contribution in [3.63, 3.8) is 0 Å². The number of fused-ring (bicyclic) bond motifs is 2. The van der Waals surface area contributed by atoms with Crippen molar-refractivity contribution < 1.29 is 0 Å². The van der Waals surface area contributed by atoms with E-state index in [-0.39, 0.29) is 0 Å². The molecule has 2 saturated carbocycles. The topological polar surface area (TPSA) is 0 Å². The van der Waals surface area contributed by atoms with E-state index in [0.717, 1.165) is 12.3 Å². The van der Waals surface area contributed by atoms with Crippen LogP contribution in [-0.2, 0) is 0 Å². The van der Waals surface area contributed by atoms with Gasteiger partial charge in [0.05, 0.1) is 0 Å². The standard InChI is InChI=1S/C12H18/c1-3-4-10(2)12-7-5-11(9-12)6-8-12/h3,11H,1-2,4-9H2. The second-order valence-electron chi connectivity index (χ2n) is 4.52. The first kappa shape index (κ1) is 8.10. The average Bonchev–Trinajstić information content (AvgIpc) is 2.64. The van der Waals surface area contributed by atoms with Crippen LogP contribution in [0.15, 0.2) is 24.8 Å². The van der Waals surface area contributed by atoms with E-state index in [4.69, 9.17) is 0 Å². The fraction of sp³-hybridized carbons (Fsp3) is 0.667. The second kappa shape index (κ2) is 2.76. The summed E-state index contributed by atoms with van der Waals surface area (Å²) in [5.41, 5.74) is 2.01. The van der Waals surface area contributed by atoms with Crippen molar-refractivity contribution in [2.24, 2.45) is 11.3 Å². The van der Waals surface area contributed by atoms with Gasteiger partial charge in [-0.25, -0.2) is 0 Å². The summed E-state index contributed by atoms with van der Waals surface area (Å²) in [4.78, 5) is 0. The van der Waals surface area contributed by atoms with Gasteiger partial charge in [-0.15, -0.1) is 6.58 Å². The van der Waals surface area contributed by atoms with Crippen LogP contribution in [0.25, 0.3) is 0 Å². The van der Waals surface area contributed by atoms with Crippen LogP contribution in [0.3, 0.4) is 0 Å². The normalized spacial score (nSPS) is 38.5. The fourth-order valence-electron chi connectivity index (χ4n) is 3.08. The van der Waals surface area contributed by atoms with Gasteiger partial charge in [-0.3, -0.25) is 0 Å². The number of rotatable bonds is 3. The molecular weight excluding hydrogens is 144 g/mol. The van der Waals surface area contributed by atoms with Crippen molar-refractivity contribution in [2.45, 2.75) is 38.5 Å². The Bertz CT molecular complexity index is 204. The number of hydrogen-bond acceptors (Lipinski definition) is 0. The molecule has 2 rings (SSSR count). The lowest BCUT2D eigenvalue weighted by Gasteiger charge is -2.28. The first-order chi connectivity index (χ1) is 5.77. The van der Waals surface area contributed by atoms with Crippen molar-refractivity contribution >= 4 is 0 Å². The minimum Gasteiger partial charge on any atom is -0.103 e. The van der Waals surface area contributed by atoms with Crippen LogP contribution in [0, 0.1) is 11.3 Å². The maximum absolute atomic E-state index is 4.22. The Balaban J connectivity index is 2.10. The van der Waals surface area contributed by atoms with Gasteiger partial charge < -0.3 is 0 Å². The summed E-state index contributed by atoms with van der Waals surface area (Å²) in [7, 11) is 0. The molecule has 0 aromatic heterocycles. The summed E-state index contributed by atoms with van der Waals surface area (Å²) in [6, 6.07) is 0. The van der Waals surface area contributed by atoms with Gasteiger partial charge in [0.25, 0.3) is 0 Å². The molecule has 0 amide bonds. The molecule has 0 aromatic rings. The van der Waals surface area contributed by atoms with Gasteiger partial charge in [0.15, 0.2) is 0 Å². The van der Waals surface area contributed by atoms with Gasteiger partial charge in [-0.05, 0) is 49.9 Å². The third-order valence-corrected chi connectivity index (χ3v) is 3.88. The quantitative estimate of drug-likeness (QED) is 0.555. The van der Waals surface area contributed by atoms with E-state index in [2.05, 4.69) is 13.2 Å². The highest BCUT2D eigenvalue weighted by atomic mass is 14.5. The van der Waals surface area contributed by atoms with Crippen LogP contribution in [0.2, 0.25) is 0 Å². The van der Waals surface area contributed by atoms with Crippen LogP contribution < -0.4 is 0 Å². The van der Waals surface area contributed by atoms with Crippen molar-refractivity contribution in [3.05, 3.63) is 24.8 Å². The second-order valence-corrected chi connectivity index (χ2v) is 4.52. The van der Waals surface area contributed by atoms with E-state index in [1.807, 2.05) is 6.08 Å². The first-order valence-corrected chi connectivity index (χ1v) is 5.06. The van der Waals surface area contributed by atoms with Gasteiger partial charge in [-0.1, -0.05) is 18.2 Å². The van der Waals surface area contributed by atoms with Crippen LogP contribution in [0.4, 0.5) is 0 Å². The Morgan fingerprint density at radius 1 is 1.42 bits per heavy atom. The molecule has 0 heteroatoms. The summed E-state index contributed by atoms with van der Waals surface area (Å²) in [6.45, 7) is 8.02. The summed E-state index contributed by atoms with van der Waals surface area (Å²) >= 11 is 0. The molecular formula is C12H18. The Labute approximate surface area is 75.4 Å². The van der Waals surface area contributed by atoms with E-state index in [9.17, 15) is 0 Å². The molecule has 0 spiro atoms. The van der Waals surface area contributed by atoms with Crippen LogP contribution >= 0.6 is 0 Å². The van der Waals surface area contributed by atoms with Gasteiger partial charge >= 0.3 is 0 Å². The van der Waals surface area contributed by atoms with Crippen molar-refractivity contribution in [2.75, 3.05) is 0 Å². The van der Waals surface area contributed by atoms with E-state index >= 15 is 0 Å². The third kappa shape index (κ3) is 1.05. The Kier molecular flexibility index (Phi) is 1.86. The number of hydrogen-bond donors (Lipinski definition) is 0. The van der Waals surface area contributed by atoms with E-state index < -0.39 is 0 Å². The molecule has 2 bridgehead atoms. The zero-order chi connectivity index (χ0) is 8.60. The smallest absolute Gasteiger partial charge is 0.00848 e. The Morgan fingerprint density at radius 3 is 2.50 bits per heavy atom. The summed E-state index contributed by atoms with van der Waals surface area (Å²) in [5.74, 6) is 1.03. The molecule has 0 aliphatic heterocycles. The summed E-state index contributed by atoms with van der Waals surface area (Å²) in [5, 5.41) is 0. The third-order valence-electron chi connectivity index (χ3n) is 3.88. The first-order valence-electron chi connectivity index (χ1n) is 5.06. The van der Waals surface area contributed by atoms with Crippen LogP contribution in [0.5, 0.6) is 0 Å². The van der Waals surface area contributed by atoms with Crippen molar-refractivity contribution in [3.8, 4) is 0 Å². The molecule has 0 atom stereocenters. The van der Waals surface area contributed by atoms with Crippen LogP contribution in [0.1, 0.15) is 38.5 Å². The van der Waals surface area contributed by atoms with Gasteiger partial charge in [0.2, 0.25) is 0 Å². The molecule has 0 aromatic carbocycles. The predicted octanol–water partition coefficient (Wildman–Crippen LogP) is 3.70. The predicted molar refractivity (Wildman–Crippen MR) is 53.0 cm³/mol. The summed E-state index contributed by atoms with van der Waals surface area (Å²) in [6.07, 6.45) is 10.2. The zero-order valence-electron chi connectivity index (χ0n) is 7.81. The van der Waals surface area contributed by atoms with Gasteiger partial charge in [0.1, 0.15) is 0 Å². The minimum atomic E-state index is 0.554.